The highest BCUT2D eigenvalue weighted by Crippen LogP contribution is 2.21. The lowest BCUT2D eigenvalue weighted by Crippen LogP contribution is -2.23. The zero-order chi connectivity index (χ0) is 14.0. The predicted molar refractivity (Wildman–Crippen MR) is 76.1 cm³/mol. The van der Waals surface area contributed by atoms with Gasteiger partial charge in [-0.2, -0.15) is 5.10 Å². The number of nitrogens with zero attached hydrogens (tertiary/aromatic N) is 4. The van der Waals surface area contributed by atoms with Gasteiger partial charge in [0.2, 0.25) is 0 Å². The Kier molecular flexibility index (Phi) is 4.04. The number of rotatable bonds is 5. The van der Waals surface area contributed by atoms with E-state index in [1.807, 2.05) is 31.2 Å². The molecule has 19 heavy (non-hydrogen) atoms. The van der Waals surface area contributed by atoms with Gasteiger partial charge >= 0.3 is 0 Å². The van der Waals surface area contributed by atoms with Crippen LogP contribution in [0.15, 0.2) is 12.4 Å². The predicted octanol–water partition coefficient (Wildman–Crippen LogP) is 1.76. The van der Waals surface area contributed by atoms with Crippen LogP contribution in [-0.2, 0) is 20.0 Å². The van der Waals surface area contributed by atoms with Gasteiger partial charge in [0.1, 0.15) is 5.82 Å². The summed E-state index contributed by atoms with van der Waals surface area (Å²) in [5.41, 5.74) is 3.65. The average molecular weight is 261 g/mol. The van der Waals surface area contributed by atoms with Crippen molar-refractivity contribution in [2.24, 2.45) is 7.05 Å². The first-order valence-corrected chi connectivity index (χ1v) is 6.75. The Hall–Kier alpha value is -1.62. The minimum Gasteiger partial charge on any atom is -0.334 e. The molecule has 5 heteroatoms. The van der Waals surface area contributed by atoms with E-state index >= 15 is 0 Å². The highest BCUT2D eigenvalue weighted by atomic mass is 15.3. The number of likely N-dealkylation sites (N-methyl/N-ethyl adjacent to an activating group) is 1. The zero-order valence-corrected chi connectivity index (χ0v) is 12.4. The van der Waals surface area contributed by atoms with Crippen molar-refractivity contribution in [1.29, 1.82) is 0 Å². The molecule has 2 aromatic rings. The van der Waals surface area contributed by atoms with Crippen molar-refractivity contribution in [3.63, 3.8) is 0 Å². The lowest BCUT2D eigenvalue weighted by molar-refractivity contribution is 0.521. The molecule has 0 fully saturated rings. The molecule has 1 N–H and O–H groups in total. The summed E-state index contributed by atoms with van der Waals surface area (Å²) in [7, 11) is 3.98. The molecule has 104 valence electrons. The molecule has 1 atom stereocenters. The van der Waals surface area contributed by atoms with Gasteiger partial charge in [0.15, 0.2) is 0 Å². The molecule has 2 rings (SSSR count). The largest absolute Gasteiger partial charge is 0.334 e. The molecule has 0 aromatic carbocycles. The fraction of sp³-hybridized carbons (Fsp3) is 0.571. The zero-order valence-electron chi connectivity index (χ0n) is 12.4. The Morgan fingerprint density at radius 1 is 1.37 bits per heavy atom. The fourth-order valence-electron chi connectivity index (χ4n) is 2.54. The van der Waals surface area contributed by atoms with Crippen LogP contribution in [0.3, 0.4) is 0 Å². The van der Waals surface area contributed by atoms with E-state index in [1.54, 1.807) is 0 Å². The van der Waals surface area contributed by atoms with Gasteiger partial charge in [-0.25, -0.2) is 4.98 Å². The Morgan fingerprint density at radius 3 is 2.63 bits per heavy atom. The Bertz CT molecular complexity index is 552. The summed E-state index contributed by atoms with van der Waals surface area (Å²) in [4.78, 5) is 4.49. The van der Waals surface area contributed by atoms with Crippen LogP contribution in [-0.4, -0.2) is 26.4 Å². The van der Waals surface area contributed by atoms with Crippen LogP contribution in [0.25, 0.3) is 0 Å². The lowest BCUT2D eigenvalue weighted by Gasteiger charge is -2.17. The normalized spacial score (nSPS) is 12.9. The molecule has 0 spiro atoms. The Balaban J connectivity index is 2.29. The van der Waals surface area contributed by atoms with Gasteiger partial charge in [-0.1, -0.05) is 0 Å². The van der Waals surface area contributed by atoms with E-state index in [0.717, 1.165) is 24.5 Å². The molecule has 2 heterocycles. The van der Waals surface area contributed by atoms with Crippen molar-refractivity contribution in [3.05, 3.63) is 35.2 Å². The number of aryl methyl sites for hydroxylation is 3. The monoisotopic (exact) mass is 261 g/mol. The van der Waals surface area contributed by atoms with Crippen LogP contribution in [0.5, 0.6) is 0 Å². The summed E-state index contributed by atoms with van der Waals surface area (Å²) in [5.74, 6) is 1.09. The highest BCUT2D eigenvalue weighted by molar-refractivity contribution is 5.26. The molecule has 0 radical (unpaired) electrons. The summed E-state index contributed by atoms with van der Waals surface area (Å²) in [6.45, 7) is 7.27. The second kappa shape index (κ2) is 5.57. The van der Waals surface area contributed by atoms with E-state index in [4.69, 9.17) is 0 Å². The summed E-state index contributed by atoms with van der Waals surface area (Å²) < 4.78 is 4.13. The first-order chi connectivity index (χ1) is 9.08. The average Bonchev–Trinajstić information content (AvgIpc) is 2.95. The highest BCUT2D eigenvalue weighted by Gasteiger charge is 2.19. The molecule has 0 aliphatic heterocycles. The van der Waals surface area contributed by atoms with Crippen LogP contribution < -0.4 is 5.32 Å². The molecule has 1 unspecified atom stereocenters. The topological polar surface area (TPSA) is 47.7 Å². The van der Waals surface area contributed by atoms with Crippen molar-refractivity contribution in [1.82, 2.24) is 24.6 Å². The standard InChI is InChI=1S/C14H23N5/c1-6-19-8-7-16-14(19)13(15-4)9-12-10(2)17-18(5)11(12)3/h7-8,13,15H,6,9H2,1-5H3. The maximum atomic E-state index is 4.49. The van der Waals surface area contributed by atoms with Crippen LogP contribution in [0, 0.1) is 13.8 Å². The van der Waals surface area contributed by atoms with Crippen molar-refractivity contribution < 1.29 is 0 Å². The third-order valence-electron chi connectivity index (χ3n) is 3.82. The van der Waals surface area contributed by atoms with Crippen LogP contribution in [0.4, 0.5) is 0 Å². The fourth-order valence-corrected chi connectivity index (χ4v) is 2.54. The summed E-state index contributed by atoms with van der Waals surface area (Å²) in [6.07, 6.45) is 4.81. The Morgan fingerprint density at radius 2 is 2.11 bits per heavy atom. The number of nitrogens with one attached hydrogen (secondary N) is 1. The molecule has 0 aliphatic rings. The van der Waals surface area contributed by atoms with Crippen LogP contribution >= 0.6 is 0 Å². The van der Waals surface area contributed by atoms with Gasteiger partial charge in [-0.15, -0.1) is 0 Å². The maximum Gasteiger partial charge on any atom is 0.126 e. The molecule has 0 amide bonds. The van der Waals surface area contributed by atoms with Gasteiger partial charge in [-0.3, -0.25) is 4.68 Å². The van der Waals surface area contributed by atoms with E-state index in [-0.39, 0.29) is 6.04 Å². The Labute approximate surface area is 114 Å². The minimum absolute atomic E-state index is 0.219. The van der Waals surface area contributed by atoms with E-state index in [1.165, 1.54) is 11.3 Å². The van der Waals surface area contributed by atoms with Crippen molar-refractivity contribution in [2.45, 2.75) is 39.8 Å². The number of hydrogen-bond acceptors (Lipinski definition) is 3. The lowest BCUT2D eigenvalue weighted by atomic mass is 10.0. The second-order valence-electron chi connectivity index (χ2n) is 4.89. The number of hydrogen-bond donors (Lipinski definition) is 1. The molecule has 2 aromatic heterocycles. The number of imidazole rings is 1. The summed E-state index contributed by atoms with van der Waals surface area (Å²) >= 11 is 0. The third kappa shape index (κ3) is 2.56. The molecule has 0 aliphatic carbocycles. The quantitative estimate of drug-likeness (QED) is 0.892. The van der Waals surface area contributed by atoms with Crippen molar-refractivity contribution in [3.8, 4) is 0 Å². The first-order valence-electron chi connectivity index (χ1n) is 6.75. The van der Waals surface area contributed by atoms with Gasteiger partial charge in [0, 0.05) is 31.7 Å². The van der Waals surface area contributed by atoms with E-state index in [9.17, 15) is 0 Å². The third-order valence-corrected chi connectivity index (χ3v) is 3.82. The van der Waals surface area contributed by atoms with Crippen LogP contribution in [0.1, 0.15) is 35.7 Å². The SMILES string of the molecule is CCn1ccnc1C(Cc1c(C)nn(C)c1C)NC. The molecule has 0 bridgehead atoms. The van der Waals surface area contributed by atoms with Gasteiger partial charge in [0.05, 0.1) is 11.7 Å². The first kappa shape index (κ1) is 13.8. The molecular formula is C14H23N5. The molecule has 0 saturated carbocycles. The van der Waals surface area contributed by atoms with E-state index in [0.29, 0.717) is 0 Å². The van der Waals surface area contributed by atoms with Crippen molar-refractivity contribution in [2.75, 3.05) is 7.05 Å². The maximum absolute atomic E-state index is 4.49. The van der Waals surface area contributed by atoms with E-state index < -0.39 is 0 Å². The van der Waals surface area contributed by atoms with Crippen molar-refractivity contribution >= 4 is 0 Å². The van der Waals surface area contributed by atoms with Crippen LogP contribution in [0.2, 0.25) is 0 Å². The summed E-state index contributed by atoms with van der Waals surface area (Å²) in [5, 5.41) is 7.85. The van der Waals surface area contributed by atoms with Gasteiger partial charge in [-0.05, 0) is 39.8 Å². The second-order valence-corrected chi connectivity index (χ2v) is 4.89. The van der Waals surface area contributed by atoms with Gasteiger partial charge < -0.3 is 9.88 Å². The minimum atomic E-state index is 0.219. The molecule has 5 nitrogen and oxygen atoms in total. The molecular weight excluding hydrogens is 238 g/mol. The molecule has 0 saturated heterocycles. The van der Waals surface area contributed by atoms with Gasteiger partial charge in [0.25, 0.3) is 0 Å². The number of aromatic nitrogens is 4. The van der Waals surface area contributed by atoms with E-state index in [2.05, 4.69) is 40.7 Å². The smallest absolute Gasteiger partial charge is 0.126 e. The summed E-state index contributed by atoms with van der Waals surface area (Å²) in [6, 6.07) is 0.219.